The summed E-state index contributed by atoms with van der Waals surface area (Å²) in [5.41, 5.74) is 1.75. The minimum Gasteiger partial charge on any atom is -0.544 e. The molecule has 0 saturated heterocycles. The molecule has 0 aromatic heterocycles. The molecule has 0 amide bonds. The standard InChI is InChI=1S/C13H20OSi/c1-6-12-7-9-13(10-8-12)14-15(4,5)11(2)3/h6-11H,1H2,2-5H3. The van der Waals surface area contributed by atoms with Crippen LogP contribution in [0.2, 0.25) is 18.6 Å². The zero-order chi connectivity index (χ0) is 11.5. The highest BCUT2D eigenvalue weighted by Gasteiger charge is 2.28. The third-order valence-electron chi connectivity index (χ3n) is 2.89. The van der Waals surface area contributed by atoms with Crippen LogP contribution in [0.25, 0.3) is 6.08 Å². The van der Waals surface area contributed by atoms with Crippen molar-refractivity contribution in [3.63, 3.8) is 0 Å². The lowest BCUT2D eigenvalue weighted by Crippen LogP contribution is -2.37. The van der Waals surface area contributed by atoms with E-state index >= 15 is 0 Å². The quantitative estimate of drug-likeness (QED) is 0.686. The molecule has 1 aromatic rings. The van der Waals surface area contributed by atoms with Gasteiger partial charge in [0, 0.05) is 0 Å². The van der Waals surface area contributed by atoms with Gasteiger partial charge in [0.1, 0.15) is 5.75 Å². The molecule has 1 aromatic carbocycles. The zero-order valence-electron chi connectivity index (χ0n) is 10.1. The minimum atomic E-state index is -1.57. The molecule has 15 heavy (non-hydrogen) atoms. The average Bonchev–Trinajstić information content (AvgIpc) is 2.18. The van der Waals surface area contributed by atoms with Crippen molar-refractivity contribution < 1.29 is 4.43 Å². The van der Waals surface area contributed by atoms with Gasteiger partial charge in [0.05, 0.1) is 0 Å². The molecule has 2 heteroatoms. The summed E-state index contributed by atoms with van der Waals surface area (Å²) in [7, 11) is -1.57. The number of hydrogen-bond acceptors (Lipinski definition) is 1. The topological polar surface area (TPSA) is 9.23 Å². The summed E-state index contributed by atoms with van der Waals surface area (Å²) in [4.78, 5) is 0. The van der Waals surface area contributed by atoms with Gasteiger partial charge in [-0.15, -0.1) is 0 Å². The van der Waals surface area contributed by atoms with Crippen LogP contribution in [0.3, 0.4) is 0 Å². The first-order valence-corrected chi connectivity index (χ1v) is 8.36. The highest BCUT2D eigenvalue weighted by atomic mass is 28.4. The fourth-order valence-electron chi connectivity index (χ4n) is 1.09. The molecule has 0 heterocycles. The molecule has 0 atom stereocenters. The van der Waals surface area contributed by atoms with Gasteiger partial charge < -0.3 is 4.43 Å². The Bertz CT molecular complexity index is 325. The Morgan fingerprint density at radius 2 is 1.73 bits per heavy atom. The Balaban J connectivity index is 2.77. The first kappa shape index (κ1) is 12.0. The molecule has 0 N–H and O–H groups in total. The Morgan fingerprint density at radius 1 is 1.20 bits per heavy atom. The predicted octanol–water partition coefficient (Wildman–Crippen LogP) is 4.32. The minimum absolute atomic E-state index is 0.622. The maximum absolute atomic E-state index is 6.07. The van der Waals surface area contributed by atoms with E-state index in [0.29, 0.717) is 5.54 Å². The second-order valence-electron chi connectivity index (χ2n) is 4.63. The lowest BCUT2D eigenvalue weighted by molar-refractivity contribution is 0.533. The summed E-state index contributed by atoms with van der Waals surface area (Å²) >= 11 is 0. The SMILES string of the molecule is C=Cc1ccc(O[Si](C)(C)C(C)C)cc1. The van der Waals surface area contributed by atoms with Crippen molar-refractivity contribution in [2.75, 3.05) is 0 Å². The largest absolute Gasteiger partial charge is 0.544 e. The maximum atomic E-state index is 6.07. The van der Waals surface area contributed by atoms with Crippen LogP contribution in [0, 0.1) is 0 Å². The molecular formula is C13H20OSi. The van der Waals surface area contributed by atoms with Gasteiger partial charge in [-0.1, -0.05) is 38.6 Å². The first-order chi connectivity index (χ1) is 6.95. The number of benzene rings is 1. The Morgan fingerprint density at radius 3 is 2.13 bits per heavy atom. The van der Waals surface area contributed by atoms with Crippen LogP contribution in [0.15, 0.2) is 30.8 Å². The number of rotatable bonds is 4. The van der Waals surface area contributed by atoms with E-state index in [4.69, 9.17) is 4.43 Å². The molecule has 1 nitrogen and oxygen atoms in total. The third kappa shape index (κ3) is 3.24. The van der Waals surface area contributed by atoms with Gasteiger partial charge in [0.2, 0.25) is 8.32 Å². The lowest BCUT2D eigenvalue weighted by atomic mass is 10.2. The fourth-order valence-corrected chi connectivity index (χ4v) is 2.07. The van der Waals surface area contributed by atoms with E-state index in [1.165, 1.54) is 0 Å². The van der Waals surface area contributed by atoms with E-state index in [1.54, 1.807) is 0 Å². The van der Waals surface area contributed by atoms with Crippen LogP contribution in [0.4, 0.5) is 0 Å². The summed E-state index contributed by atoms with van der Waals surface area (Å²) in [6.07, 6.45) is 1.84. The zero-order valence-corrected chi connectivity index (χ0v) is 11.1. The van der Waals surface area contributed by atoms with Crippen LogP contribution < -0.4 is 4.43 Å². The molecule has 0 aliphatic carbocycles. The molecule has 1 rings (SSSR count). The molecule has 0 aliphatic heterocycles. The second kappa shape index (κ2) is 4.66. The van der Waals surface area contributed by atoms with E-state index in [0.717, 1.165) is 11.3 Å². The van der Waals surface area contributed by atoms with Gasteiger partial charge in [-0.25, -0.2) is 0 Å². The normalized spacial score (nSPS) is 11.5. The van der Waals surface area contributed by atoms with Crippen LogP contribution >= 0.6 is 0 Å². The third-order valence-corrected chi connectivity index (χ3v) is 6.43. The Hall–Kier alpha value is -1.02. The highest BCUT2D eigenvalue weighted by molar-refractivity contribution is 6.73. The van der Waals surface area contributed by atoms with Gasteiger partial charge in [-0.05, 0) is 36.3 Å². The maximum Gasteiger partial charge on any atom is 0.247 e. The highest BCUT2D eigenvalue weighted by Crippen LogP contribution is 2.25. The molecular weight excluding hydrogens is 200 g/mol. The Kier molecular flexibility index (Phi) is 3.75. The van der Waals surface area contributed by atoms with Gasteiger partial charge in [0.15, 0.2) is 0 Å². The van der Waals surface area contributed by atoms with E-state index in [9.17, 15) is 0 Å². The summed E-state index contributed by atoms with van der Waals surface area (Å²) in [5.74, 6) is 0.978. The molecule has 0 saturated carbocycles. The van der Waals surface area contributed by atoms with E-state index in [1.807, 2.05) is 30.3 Å². The first-order valence-electron chi connectivity index (χ1n) is 5.37. The van der Waals surface area contributed by atoms with Crippen LogP contribution in [-0.2, 0) is 0 Å². The van der Waals surface area contributed by atoms with Gasteiger partial charge >= 0.3 is 0 Å². The van der Waals surface area contributed by atoms with Gasteiger partial charge in [-0.3, -0.25) is 0 Å². The smallest absolute Gasteiger partial charge is 0.247 e. The number of hydrogen-bond donors (Lipinski definition) is 0. The van der Waals surface area contributed by atoms with Crippen molar-refractivity contribution in [3.8, 4) is 5.75 Å². The van der Waals surface area contributed by atoms with Crippen LogP contribution in [0.1, 0.15) is 19.4 Å². The second-order valence-corrected chi connectivity index (χ2v) is 9.20. The van der Waals surface area contributed by atoms with Crippen molar-refractivity contribution in [1.82, 2.24) is 0 Å². The van der Waals surface area contributed by atoms with Crippen LogP contribution in [0.5, 0.6) is 5.75 Å². The van der Waals surface area contributed by atoms with E-state index in [2.05, 4.69) is 33.5 Å². The molecule has 0 unspecified atom stereocenters. The average molecular weight is 220 g/mol. The van der Waals surface area contributed by atoms with Crippen molar-refractivity contribution in [3.05, 3.63) is 36.4 Å². The molecule has 0 fully saturated rings. The lowest BCUT2D eigenvalue weighted by Gasteiger charge is -2.27. The predicted molar refractivity (Wildman–Crippen MR) is 69.7 cm³/mol. The van der Waals surface area contributed by atoms with E-state index < -0.39 is 8.32 Å². The van der Waals surface area contributed by atoms with Gasteiger partial charge in [-0.2, -0.15) is 0 Å². The summed E-state index contributed by atoms with van der Waals surface area (Å²) in [6, 6.07) is 8.11. The summed E-state index contributed by atoms with van der Waals surface area (Å²) in [5, 5.41) is 0. The molecule has 0 spiro atoms. The molecule has 82 valence electrons. The monoisotopic (exact) mass is 220 g/mol. The summed E-state index contributed by atoms with van der Waals surface area (Å²) in [6.45, 7) is 12.7. The molecule has 0 aliphatic rings. The van der Waals surface area contributed by atoms with Crippen molar-refractivity contribution in [2.45, 2.75) is 32.5 Å². The van der Waals surface area contributed by atoms with E-state index in [-0.39, 0.29) is 0 Å². The van der Waals surface area contributed by atoms with Crippen molar-refractivity contribution in [1.29, 1.82) is 0 Å². The van der Waals surface area contributed by atoms with Crippen molar-refractivity contribution >= 4 is 14.4 Å². The summed E-state index contributed by atoms with van der Waals surface area (Å²) < 4.78 is 6.07. The molecule has 0 bridgehead atoms. The van der Waals surface area contributed by atoms with Crippen LogP contribution in [-0.4, -0.2) is 8.32 Å². The van der Waals surface area contributed by atoms with Crippen molar-refractivity contribution in [2.24, 2.45) is 0 Å². The van der Waals surface area contributed by atoms with Gasteiger partial charge in [0.25, 0.3) is 0 Å². The Labute approximate surface area is 93.9 Å². The fraction of sp³-hybridized carbons (Fsp3) is 0.385. The molecule has 0 radical (unpaired) electrons.